The molecular formula is C19H23N. The number of hydrogen-bond donors (Lipinski definition) is 1. The second kappa shape index (κ2) is 5.06. The van der Waals surface area contributed by atoms with Crippen LogP contribution in [0.15, 0.2) is 42.5 Å². The Hall–Kier alpha value is -1.60. The molecule has 0 bridgehead atoms. The molecule has 0 saturated carbocycles. The Labute approximate surface area is 121 Å². The molecule has 1 unspecified atom stereocenters. The van der Waals surface area contributed by atoms with Gasteiger partial charge in [0.05, 0.1) is 5.54 Å². The van der Waals surface area contributed by atoms with Gasteiger partial charge in [0.25, 0.3) is 0 Å². The molecule has 1 atom stereocenters. The van der Waals surface area contributed by atoms with Crippen LogP contribution >= 0.6 is 0 Å². The first-order valence-electron chi connectivity index (χ1n) is 7.57. The molecule has 0 heterocycles. The van der Waals surface area contributed by atoms with Gasteiger partial charge in [-0.15, -0.1) is 0 Å². The van der Waals surface area contributed by atoms with E-state index in [1.165, 1.54) is 40.7 Å². The van der Waals surface area contributed by atoms with Gasteiger partial charge < -0.3 is 5.73 Å². The topological polar surface area (TPSA) is 26.0 Å². The van der Waals surface area contributed by atoms with Gasteiger partial charge in [0.15, 0.2) is 0 Å². The summed E-state index contributed by atoms with van der Waals surface area (Å²) in [6, 6.07) is 15.2. The van der Waals surface area contributed by atoms with Gasteiger partial charge >= 0.3 is 0 Å². The maximum atomic E-state index is 6.96. The molecule has 3 rings (SSSR count). The second-order valence-electron chi connectivity index (χ2n) is 6.08. The lowest BCUT2D eigenvalue weighted by Crippen LogP contribution is -2.39. The molecule has 1 heteroatoms. The van der Waals surface area contributed by atoms with Crippen LogP contribution in [-0.2, 0) is 12.0 Å². The maximum absolute atomic E-state index is 6.96. The molecule has 0 aromatic heterocycles. The summed E-state index contributed by atoms with van der Waals surface area (Å²) in [4.78, 5) is 0. The van der Waals surface area contributed by atoms with Crippen molar-refractivity contribution in [3.63, 3.8) is 0 Å². The Balaban J connectivity index is 2.22. The van der Waals surface area contributed by atoms with E-state index < -0.39 is 0 Å². The molecule has 0 spiro atoms. The van der Waals surface area contributed by atoms with Crippen molar-refractivity contribution < 1.29 is 0 Å². The zero-order chi connectivity index (χ0) is 14.2. The van der Waals surface area contributed by atoms with Gasteiger partial charge in [-0.3, -0.25) is 0 Å². The van der Waals surface area contributed by atoms with Crippen LogP contribution in [0.3, 0.4) is 0 Å². The van der Waals surface area contributed by atoms with Crippen LogP contribution in [0.5, 0.6) is 0 Å². The summed E-state index contributed by atoms with van der Waals surface area (Å²) in [7, 11) is 0. The summed E-state index contributed by atoms with van der Waals surface area (Å²) in [6.07, 6.45) is 4.62. The van der Waals surface area contributed by atoms with Crippen molar-refractivity contribution in [1.29, 1.82) is 0 Å². The van der Waals surface area contributed by atoms with Crippen molar-refractivity contribution in [2.45, 2.75) is 45.1 Å². The highest BCUT2D eigenvalue weighted by Crippen LogP contribution is 2.39. The average molecular weight is 265 g/mol. The van der Waals surface area contributed by atoms with E-state index in [1.54, 1.807) is 0 Å². The Morgan fingerprint density at radius 3 is 2.50 bits per heavy atom. The van der Waals surface area contributed by atoms with E-state index >= 15 is 0 Å². The molecule has 0 amide bonds. The van der Waals surface area contributed by atoms with Crippen LogP contribution in [0.4, 0.5) is 0 Å². The lowest BCUT2D eigenvalue weighted by molar-refractivity contribution is 0.477. The molecule has 2 aromatic rings. The smallest absolute Gasteiger partial charge is 0.0670 e. The van der Waals surface area contributed by atoms with Crippen LogP contribution in [0.25, 0.3) is 0 Å². The third kappa shape index (κ3) is 2.06. The highest BCUT2D eigenvalue weighted by molar-refractivity contribution is 5.48. The van der Waals surface area contributed by atoms with Gasteiger partial charge in [0.2, 0.25) is 0 Å². The van der Waals surface area contributed by atoms with Crippen LogP contribution in [0.2, 0.25) is 0 Å². The van der Waals surface area contributed by atoms with Crippen molar-refractivity contribution in [3.8, 4) is 0 Å². The third-order valence-corrected chi connectivity index (χ3v) is 4.85. The van der Waals surface area contributed by atoms with Gasteiger partial charge in [-0.1, -0.05) is 48.9 Å². The largest absolute Gasteiger partial charge is 0.318 e. The third-order valence-electron chi connectivity index (χ3n) is 4.85. The lowest BCUT2D eigenvalue weighted by atomic mass is 9.77. The van der Waals surface area contributed by atoms with E-state index in [-0.39, 0.29) is 5.54 Å². The molecule has 0 radical (unpaired) electrons. The molecule has 1 nitrogen and oxygen atoms in total. The van der Waals surface area contributed by atoms with Gasteiger partial charge in [-0.05, 0) is 60.9 Å². The van der Waals surface area contributed by atoms with E-state index in [2.05, 4.69) is 56.3 Å². The van der Waals surface area contributed by atoms with Crippen molar-refractivity contribution in [1.82, 2.24) is 0 Å². The van der Waals surface area contributed by atoms with Crippen LogP contribution in [0, 0.1) is 13.8 Å². The molecule has 0 aliphatic heterocycles. The van der Waals surface area contributed by atoms with Crippen molar-refractivity contribution >= 4 is 0 Å². The fraction of sp³-hybridized carbons (Fsp3) is 0.368. The molecule has 2 aromatic carbocycles. The number of rotatable bonds is 1. The van der Waals surface area contributed by atoms with Gasteiger partial charge in [0.1, 0.15) is 0 Å². The Kier molecular flexibility index (Phi) is 3.39. The fourth-order valence-corrected chi connectivity index (χ4v) is 3.54. The Morgan fingerprint density at radius 1 is 0.900 bits per heavy atom. The van der Waals surface area contributed by atoms with E-state index in [4.69, 9.17) is 5.73 Å². The summed E-state index contributed by atoms with van der Waals surface area (Å²) < 4.78 is 0. The molecule has 1 aliphatic rings. The van der Waals surface area contributed by atoms with Crippen molar-refractivity contribution in [2.24, 2.45) is 5.73 Å². The first-order chi connectivity index (χ1) is 9.63. The van der Waals surface area contributed by atoms with E-state index in [9.17, 15) is 0 Å². The molecule has 0 fully saturated rings. The quantitative estimate of drug-likeness (QED) is 0.767. The normalized spacial score (nSPS) is 22.1. The fourth-order valence-electron chi connectivity index (χ4n) is 3.54. The molecular weight excluding hydrogens is 242 g/mol. The zero-order valence-electron chi connectivity index (χ0n) is 12.4. The average Bonchev–Trinajstić information content (AvgIpc) is 2.63. The predicted molar refractivity (Wildman–Crippen MR) is 84.9 cm³/mol. The number of benzene rings is 2. The predicted octanol–water partition coefficient (Wildman–Crippen LogP) is 4.23. The monoisotopic (exact) mass is 265 g/mol. The summed E-state index contributed by atoms with van der Waals surface area (Å²) in [5.41, 5.74) is 13.3. The first-order valence-corrected chi connectivity index (χ1v) is 7.57. The van der Waals surface area contributed by atoms with E-state index in [0.29, 0.717) is 0 Å². The summed E-state index contributed by atoms with van der Waals surface area (Å²) in [5, 5.41) is 0. The second-order valence-corrected chi connectivity index (χ2v) is 6.08. The van der Waals surface area contributed by atoms with Crippen LogP contribution in [-0.4, -0.2) is 0 Å². The SMILES string of the molecule is Cc1cccc(C2(N)CCCCc3ccccc32)c1C. The van der Waals surface area contributed by atoms with Gasteiger partial charge in [-0.2, -0.15) is 0 Å². The highest BCUT2D eigenvalue weighted by atomic mass is 14.8. The van der Waals surface area contributed by atoms with Gasteiger partial charge in [0, 0.05) is 0 Å². The Morgan fingerprint density at radius 2 is 1.65 bits per heavy atom. The first kappa shape index (κ1) is 13.4. The standard InChI is InChI=1S/C19H23N/c1-14-8-7-12-17(15(14)2)19(20)13-6-5-10-16-9-3-4-11-18(16)19/h3-4,7-9,11-12H,5-6,10,13,20H2,1-2H3. The molecule has 2 N–H and O–H groups in total. The van der Waals surface area contributed by atoms with Crippen LogP contribution < -0.4 is 5.73 Å². The Bertz CT molecular complexity index is 629. The lowest BCUT2D eigenvalue weighted by Gasteiger charge is -2.33. The summed E-state index contributed by atoms with van der Waals surface area (Å²) in [6.45, 7) is 4.37. The van der Waals surface area contributed by atoms with Crippen molar-refractivity contribution in [3.05, 3.63) is 70.3 Å². The van der Waals surface area contributed by atoms with E-state index in [1.807, 2.05) is 0 Å². The highest BCUT2D eigenvalue weighted by Gasteiger charge is 2.34. The molecule has 104 valence electrons. The number of fused-ring (bicyclic) bond motifs is 1. The minimum Gasteiger partial charge on any atom is -0.318 e. The van der Waals surface area contributed by atoms with Crippen molar-refractivity contribution in [2.75, 3.05) is 0 Å². The van der Waals surface area contributed by atoms with Crippen LogP contribution in [0.1, 0.15) is 47.1 Å². The molecule has 20 heavy (non-hydrogen) atoms. The molecule has 1 aliphatic carbocycles. The summed E-state index contributed by atoms with van der Waals surface area (Å²) >= 11 is 0. The minimum absolute atomic E-state index is 0.330. The summed E-state index contributed by atoms with van der Waals surface area (Å²) in [5.74, 6) is 0. The maximum Gasteiger partial charge on any atom is 0.0670 e. The van der Waals surface area contributed by atoms with E-state index in [0.717, 1.165) is 12.8 Å². The zero-order valence-corrected chi connectivity index (χ0v) is 12.4. The van der Waals surface area contributed by atoms with Gasteiger partial charge in [-0.25, -0.2) is 0 Å². The number of hydrogen-bond acceptors (Lipinski definition) is 1. The number of nitrogens with two attached hydrogens (primary N) is 1. The molecule has 0 saturated heterocycles. The number of aryl methyl sites for hydroxylation is 2. The minimum atomic E-state index is -0.330.